The second kappa shape index (κ2) is 10.8. The van der Waals surface area contributed by atoms with Crippen LogP contribution in [0.25, 0.3) is 22.2 Å². The number of amides is 1. The van der Waals surface area contributed by atoms with E-state index < -0.39 is 5.60 Å². The van der Waals surface area contributed by atoms with E-state index in [1.807, 2.05) is 76.1 Å². The number of rotatable bonds is 4. The maximum absolute atomic E-state index is 12.4. The van der Waals surface area contributed by atoms with Crippen molar-refractivity contribution in [2.75, 3.05) is 31.1 Å². The smallest absolute Gasteiger partial charge is 0.410 e. The largest absolute Gasteiger partial charge is 0.444 e. The van der Waals surface area contributed by atoms with Gasteiger partial charge < -0.3 is 19.5 Å². The van der Waals surface area contributed by atoms with Gasteiger partial charge in [0.15, 0.2) is 0 Å². The second-order valence-corrected chi connectivity index (χ2v) is 9.66. The van der Waals surface area contributed by atoms with Crippen LogP contribution in [-0.4, -0.2) is 62.5 Å². The zero-order valence-electron chi connectivity index (χ0n) is 21.9. The Kier molecular flexibility index (Phi) is 7.62. The Morgan fingerprint density at radius 3 is 2.50 bits per heavy atom. The van der Waals surface area contributed by atoms with Gasteiger partial charge >= 0.3 is 6.09 Å². The highest BCUT2D eigenvalue weighted by Gasteiger charge is 2.26. The number of fused-ring (bicyclic) bond motifs is 1. The number of pyridine rings is 1. The van der Waals surface area contributed by atoms with Gasteiger partial charge in [-0.25, -0.2) is 9.78 Å². The molecule has 0 spiro atoms. The van der Waals surface area contributed by atoms with Crippen molar-refractivity contribution < 1.29 is 11.0 Å². The topological polar surface area (TPSA) is 79.3 Å². The predicted octanol–water partition coefficient (Wildman–Crippen LogP) is 5.80. The van der Waals surface area contributed by atoms with Crippen molar-refractivity contribution in [3.8, 4) is 11.1 Å². The van der Waals surface area contributed by atoms with Crippen LogP contribution in [0.4, 0.5) is 10.5 Å². The summed E-state index contributed by atoms with van der Waals surface area (Å²) in [6, 6.07) is 12.5. The highest BCUT2D eigenvalue weighted by Crippen LogP contribution is 2.30. The number of benzene rings is 1. The Balaban J connectivity index is 0.00000124. The number of carbonyl (C=O) groups is 1. The van der Waals surface area contributed by atoms with Crippen LogP contribution in [0.2, 0.25) is 0 Å². The van der Waals surface area contributed by atoms with Gasteiger partial charge in [0.05, 0.1) is 24.6 Å². The van der Waals surface area contributed by atoms with Crippen molar-refractivity contribution in [2.24, 2.45) is 0 Å². The maximum Gasteiger partial charge on any atom is 0.410 e. The lowest BCUT2D eigenvalue weighted by molar-refractivity contribution is 0.0240. The Morgan fingerprint density at radius 1 is 1.08 bits per heavy atom. The molecule has 1 N–H and O–H groups in total. The quantitative estimate of drug-likeness (QED) is 0.391. The number of hydrogen-bond acceptors (Lipinski definition) is 5. The summed E-state index contributed by atoms with van der Waals surface area (Å²) < 4.78 is 7.47. The predicted molar refractivity (Wildman–Crippen MR) is 146 cm³/mol. The van der Waals surface area contributed by atoms with E-state index in [2.05, 4.69) is 44.4 Å². The van der Waals surface area contributed by atoms with E-state index in [0.29, 0.717) is 13.1 Å². The Labute approximate surface area is 214 Å². The minimum atomic E-state index is -0.483. The lowest BCUT2D eigenvalue weighted by atomic mass is 10.1. The van der Waals surface area contributed by atoms with Crippen LogP contribution < -0.4 is 4.90 Å². The first-order valence-corrected chi connectivity index (χ1v) is 12.6. The molecule has 36 heavy (non-hydrogen) atoms. The third-order valence-corrected chi connectivity index (χ3v) is 5.94. The van der Waals surface area contributed by atoms with Crippen molar-refractivity contribution in [1.82, 2.24) is 24.6 Å². The SMILES string of the molecule is CC.CC(C)(C)OC(=O)N1CCN(c2cnc3[nH]cc(-c4cnn(Cc5ccccc5)c4)c3c2)CC1.[HH]. The third kappa shape index (κ3) is 5.87. The second-order valence-electron chi connectivity index (χ2n) is 9.66. The Bertz CT molecular complexity index is 1290. The van der Waals surface area contributed by atoms with Crippen LogP contribution in [0, 0.1) is 0 Å². The van der Waals surface area contributed by atoms with E-state index in [-0.39, 0.29) is 7.52 Å². The molecule has 192 valence electrons. The number of carbonyl (C=O) groups excluding carboxylic acids is 1. The van der Waals surface area contributed by atoms with Crippen LogP contribution in [-0.2, 0) is 11.3 Å². The Morgan fingerprint density at radius 2 is 1.81 bits per heavy atom. The van der Waals surface area contributed by atoms with E-state index in [1.54, 1.807) is 4.90 Å². The standard InChI is InChI=1S/C26H30N6O2.C2H6.H2/c1-26(2,3)34-25(33)31-11-9-30(10-12-31)21-13-22-23(16-28-24(22)27-15-21)20-14-29-32(18-20)17-19-7-5-4-6-8-19;1-2;/h4-8,13-16,18H,9-12,17H2,1-3H3,(H,27,28);1-2H3;1H. The molecule has 8 nitrogen and oxygen atoms in total. The summed E-state index contributed by atoms with van der Waals surface area (Å²) in [5.41, 5.74) is 4.76. The van der Waals surface area contributed by atoms with Gasteiger partial charge in [0.2, 0.25) is 0 Å². The van der Waals surface area contributed by atoms with E-state index in [1.165, 1.54) is 5.56 Å². The molecule has 0 bridgehead atoms. The van der Waals surface area contributed by atoms with Crippen LogP contribution in [0.5, 0.6) is 0 Å². The number of H-pyrrole nitrogens is 1. The molecule has 0 radical (unpaired) electrons. The summed E-state index contributed by atoms with van der Waals surface area (Å²) >= 11 is 0. The van der Waals surface area contributed by atoms with E-state index in [0.717, 1.165) is 47.5 Å². The van der Waals surface area contributed by atoms with Gasteiger partial charge in [-0.2, -0.15) is 5.10 Å². The number of ether oxygens (including phenoxy) is 1. The van der Waals surface area contributed by atoms with Crippen LogP contribution >= 0.6 is 0 Å². The number of aromatic amines is 1. The van der Waals surface area contributed by atoms with E-state index in [4.69, 9.17) is 4.74 Å². The van der Waals surface area contributed by atoms with Gasteiger partial charge in [-0.15, -0.1) is 0 Å². The van der Waals surface area contributed by atoms with Crippen molar-refractivity contribution >= 4 is 22.8 Å². The average molecular weight is 491 g/mol. The van der Waals surface area contributed by atoms with Gasteiger partial charge in [0.1, 0.15) is 11.2 Å². The zero-order chi connectivity index (χ0) is 25.7. The summed E-state index contributed by atoms with van der Waals surface area (Å²) in [7, 11) is 0. The fraction of sp³-hybridized carbons (Fsp3) is 0.393. The van der Waals surface area contributed by atoms with Crippen molar-refractivity contribution in [2.45, 2.75) is 46.8 Å². The minimum absolute atomic E-state index is 0. The number of piperazine rings is 1. The van der Waals surface area contributed by atoms with Gasteiger partial charge in [0.25, 0.3) is 0 Å². The van der Waals surface area contributed by atoms with Crippen molar-refractivity contribution in [3.63, 3.8) is 0 Å². The molecule has 8 heteroatoms. The molecule has 1 aliphatic heterocycles. The van der Waals surface area contributed by atoms with Gasteiger partial charge in [-0.1, -0.05) is 44.2 Å². The summed E-state index contributed by atoms with van der Waals surface area (Å²) in [6.45, 7) is 13.1. The molecule has 1 saturated heterocycles. The lowest BCUT2D eigenvalue weighted by Crippen LogP contribution is -2.50. The molecule has 1 fully saturated rings. The normalized spacial score (nSPS) is 13.9. The molecule has 5 rings (SSSR count). The van der Waals surface area contributed by atoms with Crippen LogP contribution in [0.1, 0.15) is 41.6 Å². The Hall–Kier alpha value is -3.81. The number of hydrogen-bond donors (Lipinski definition) is 1. The molecule has 1 amide bonds. The molecule has 0 saturated carbocycles. The summed E-state index contributed by atoms with van der Waals surface area (Å²) in [4.78, 5) is 24.4. The number of aromatic nitrogens is 4. The number of nitrogens with zero attached hydrogens (tertiary/aromatic N) is 5. The molecule has 0 atom stereocenters. The van der Waals surface area contributed by atoms with Gasteiger partial charge in [-0.3, -0.25) is 4.68 Å². The van der Waals surface area contributed by atoms with Crippen molar-refractivity contribution in [1.29, 1.82) is 0 Å². The fourth-order valence-corrected chi connectivity index (χ4v) is 4.24. The molecular formula is C28H38N6O2. The van der Waals surface area contributed by atoms with Gasteiger partial charge in [-0.05, 0) is 32.4 Å². The molecule has 4 heterocycles. The lowest BCUT2D eigenvalue weighted by Gasteiger charge is -2.36. The highest BCUT2D eigenvalue weighted by atomic mass is 16.6. The van der Waals surface area contributed by atoms with E-state index >= 15 is 0 Å². The minimum Gasteiger partial charge on any atom is -0.444 e. The molecule has 0 aliphatic carbocycles. The summed E-state index contributed by atoms with van der Waals surface area (Å²) in [5, 5.41) is 5.62. The maximum atomic E-state index is 12.4. The first kappa shape index (κ1) is 25.3. The average Bonchev–Trinajstić information content (AvgIpc) is 3.51. The summed E-state index contributed by atoms with van der Waals surface area (Å²) in [6.07, 6.45) is 7.61. The molecule has 4 aromatic rings. The highest BCUT2D eigenvalue weighted by molar-refractivity contribution is 5.95. The molecular weight excluding hydrogens is 452 g/mol. The number of nitrogens with one attached hydrogen (secondary N) is 1. The monoisotopic (exact) mass is 490 g/mol. The summed E-state index contributed by atoms with van der Waals surface area (Å²) in [5.74, 6) is 0. The first-order valence-electron chi connectivity index (χ1n) is 12.6. The number of anilines is 1. The fourth-order valence-electron chi connectivity index (χ4n) is 4.24. The van der Waals surface area contributed by atoms with E-state index in [9.17, 15) is 4.79 Å². The molecule has 1 aromatic carbocycles. The molecule has 1 aliphatic rings. The molecule has 0 unspecified atom stereocenters. The van der Waals surface area contributed by atoms with Gasteiger partial charge in [0, 0.05) is 56.5 Å². The first-order chi connectivity index (χ1) is 17.4. The van der Waals surface area contributed by atoms with Crippen molar-refractivity contribution in [3.05, 3.63) is 66.7 Å². The van der Waals surface area contributed by atoms with Crippen LogP contribution in [0.3, 0.4) is 0 Å². The van der Waals surface area contributed by atoms with Crippen LogP contribution in [0.15, 0.2) is 61.2 Å². The molecule has 3 aromatic heterocycles. The third-order valence-electron chi connectivity index (χ3n) is 5.94. The zero-order valence-corrected chi connectivity index (χ0v) is 21.9.